The molecule has 0 spiro atoms. The number of nitrogens with zero attached hydrogens (tertiary/aromatic N) is 1. The van der Waals surface area contributed by atoms with E-state index in [1.54, 1.807) is 0 Å². The number of rotatable bonds is 11. The summed E-state index contributed by atoms with van der Waals surface area (Å²) in [5.74, 6) is 0.169. The van der Waals surface area contributed by atoms with E-state index in [1.807, 2.05) is 0 Å². The van der Waals surface area contributed by atoms with Gasteiger partial charge in [0.2, 0.25) is 5.91 Å². The quantitative estimate of drug-likeness (QED) is 0.565. The molecule has 0 rings (SSSR count). The summed E-state index contributed by atoms with van der Waals surface area (Å²) in [4.78, 5) is 13.7. The van der Waals surface area contributed by atoms with E-state index >= 15 is 0 Å². The molecule has 0 aliphatic carbocycles. The first-order chi connectivity index (χ1) is 8.24. The molecule has 0 heterocycles. The van der Waals surface area contributed by atoms with Crippen molar-refractivity contribution in [2.75, 3.05) is 26.2 Å². The Labute approximate surface area is 107 Å². The zero-order valence-electron chi connectivity index (χ0n) is 11.9. The minimum Gasteiger partial charge on any atom is -0.355 e. The van der Waals surface area contributed by atoms with E-state index in [1.165, 1.54) is 32.1 Å². The summed E-state index contributed by atoms with van der Waals surface area (Å²) < 4.78 is 0. The Morgan fingerprint density at radius 3 is 2.12 bits per heavy atom. The molecule has 0 aromatic heterocycles. The molecule has 102 valence electrons. The van der Waals surface area contributed by atoms with Gasteiger partial charge in [-0.15, -0.1) is 0 Å². The molecule has 0 bridgehead atoms. The van der Waals surface area contributed by atoms with Crippen molar-refractivity contribution in [3.8, 4) is 0 Å². The van der Waals surface area contributed by atoms with Crippen molar-refractivity contribution in [3.63, 3.8) is 0 Å². The van der Waals surface area contributed by atoms with Crippen LogP contribution in [0, 0.1) is 0 Å². The highest BCUT2D eigenvalue weighted by Crippen LogP contribution is 2.03. The van der Waals surface area contributed by atoms with Gasteiger partial charge in [0.25, 0.3) is 0 Å². The summed E-state index contributed by atoms with van der Waals surface area (Å²) in [5.41, 5.74) is 0. The zero-order chi connectivity index (χ0) is 12.9. The molecule has 1 N–H and O–H groups in total. The number of carbonyl (C=O) groups excluding carboxylic acids is 1. The number of hydrogen-bond donors (Lipinski definition) is 1. The van der Waals surface area contributed by atoms with Crippen LogP contribution in [0.2, 0.25) is 0 Å². The van der Waals surface area contributed by atoms with E-state index < -0.39 is 0 Å². The maximum absolute atomic E-state index is 11.6. The van der Waals surface area contributed by atoms with Crippen molar-refractivity contribution < 1.29 is 4.79 Å². The number of amides is 1. The third-order valence-corrected chi connectivity index (χ3v) is 3.11. The fraction of sp³-hybridized carbons (Fsp3) is 0.929. The Balaban J connectivity index is 3.33. The van der Waals surface area contributed by atoms with E-state index in [9.17, 15) is 4.79 Å². The van der Waals surface area contributed by atoms with Crippen LogP contribution in [0.15, 0.2) is 0 Å². The van der Waals surface area contributed by atoms with Gasteiger partial charge in [0, 0.05) is 6.54 Å². The Kier molecular flexibility index (Phi) is 11.5. The molecule has 0 saturated carbocycles. The van der Waals surface area contributed by atoms with Crippen LogP contribution < -0.4 is 5.32 Å². The normalized spacial score (nSPS) is 10.8. The van der Waals surface area contributed by atoms with Crippen molar-refractivity contribution in [2.45, 2.75) is 59.3 Å². The van der Waals surface area contributed by atoms with Crippen LogP contribution in [-0.2, 0) is 4.79 Å². The van der Waals surface area contributed by atoms with Crippen LogP contribution in [0.5, 0.6) is 0 Å². The van der Waals surface area contributed by atoms with Gasteiger partial charge in [-0.1, -0.05) is 52.9 Å². The SMILES string of the molecule is CCCCCCCCNC(=O)CN(CC)CC. The van der Waals surface area contributed by atoms with E-state index in [4.69, 9.17) is 0 Å². The van der Waals surface area contributed by atoms with Gasteiger partial charge < -0.3 is 5.32 Å². The molecule has 0 aromatic carbocycles. The van der Waals surface area contributed by atoms with Crippen LogP contribution in [0.1, 0.15) is 59.3 Å². The number of unbranched alkanes of at least 4 members (excludes halogenated alkanes) is 5. The van der Waals surface area contributed by atoms with Gasteiger partial charge >= 0.3 is 0 Å². The molecule has 17 heavy (non-hydrogen) atoms. The second-order valence-corrected chi connectivity index (χ2v) is 4.58. The lowest BCUT2D eigenvalue weighted by Gasteiger charge is -2.17. The fourth-order valence-electron chi connectivity index (χ4n) is 1.84. The minimum absolute atomic E-state index is 0.169. The van der Waals surface area contributed by atoms with Crippen LogP contribution in [0.25, 0.3) is 0 Å². The molecule has 0 radical (unpaired) electrons. The molecule has 1 amide bonds. The van der Waals surface area contributed by atoms with Gasteiger partial charge in [-0.2, -0.15) is 0 Å². The lowest BCUT2D eigenvalue weighted by molar-refractivity contribution is -0.122. The predicted octanol–water partition coefficient (Wildman–Crippen LogP) is 2.80. The van der Waals surface area contributed by atoms with E-state index in [0.29, 0.717) is 6.54 Å². The van der Waals surface area contributed by atoms with Gasteiger partial charge in [0.05, 0.1) is 6.54 Å². The minimum atomic E-state index is 0.169. The second kappa shape index (κ2) is 11.9. The topological polar surface area (TPSA) is 32.3 Å². The summed E-state index contributed by atoms with van der Waals surface area (Å²) in [6.07, 6.45) is 7.64. The molecular formula is C14H30N2O. The summed E-state index contributed by atoms with van der Waals surface area (Å²) in [6, 6.07) is 0. The van der Waals surface area contributed by atoms with Crippen molar-refractivity contribution in [3.05, 3.63) is 0 Å². The predicted molar refractivity (Wildman–Crippen MR) is 74.2 cm³/mol. The molecule has 0 unspecified atom stereocenters. The average molecular weight is 242 g/mol. The Bertz CT molecular complexity index is 179. The number of hydrogen-bond acceptors (Lipinski definition) is 2. The number of carbonyl (C=O) groups is 1. The van der Waals surface area contributed by atoms with Crippen LogP contribution >= 0.6 is 0 Å². The Morgan fingerprint density at radius 2 is 1.53 bits per heavy atom. The molecule has 0 aromatic rings. The van der Waals surface area contributed by atoms with Crippen molar-refractivity contribution in [2.24, 2.45) is 0 Å². The van der Waals surface area contributed by atoms with Gasteiger partial charge in [-0.3, -0.25) is 9.69 Å². The van der Waals surface area contributed by atoms with Crippen molar-refractivity contribution >= 4 is 5.91 Å². The van der Waals surface area contributed by atoms with Gasteiger partial charge in [-0.25, -0.2) is 0 Å². The molecule has 0 saturated heterocycles. The molecule has 0 atom stereocenters. The molecule has 0 fully saturated rings. The standard InChI is InChI=1S/C14H30N2O/c1-4-7-8-9-10-11-12-15-14(17)13-16(5-2)6-3/h4-13H2,1-3H3,(H,15,17). The summed E-state index contributed by atoms with van der Waals surface area (Å²) in [5, 5.41) is 2.99. The molecule has 0 aliphatic rings. The van der Waals surface area contributed by atoms with Crippen LogP contribution in [0.4, 0.5) is 0 Å². The largest absolute Gasteiger partial charge is 0.355 e. The Hall–Kier alpha value is -0.570. The molecule has 3 heteroatoms. The fourth-order valence-corrected chi connectivity index (χ4v) is 1.84. The summed E-state index contributed by atoms with van der Waals surface area (Å²) in [7, 11) is 0. The van der Waals surface area contributed by atoms with E-state index in [-0.39, 0.29) is 5.91 Å². The van der Waals surface area contributed by atoms with Crippen molar-refractivity contribution in [1.82, 2.24) is 10.2 Å². The summed E-state index contributed by atoms with van der Waals surface area (Å²) in [6.45, 7) is 9.68. The first kappa shape index (κ1) is 16.4. The van der Waals surface area contributed by atoms with Crippen LogP contribution in [0.3, 0.4) is 0 Å². The third kappa shape index (κ3) is 10.3. The zero-order valence-corrected chi connectivity index (χ0v) is 11.9. The number of nitrogens with one attached hydrogen (secondary N) is 1. The van der Waals surface area contributed by atoms with E-state index in [2.05, 4.69) is 31.0 Å². The van der Waals surface area contributed by atoms with Crippen molar-refractivity contribution in [1.29, 1.82) is 0 Å². The highest BCUT2D eigenvalue weighted by atomic mass is 16.2. The maximum atomic E-state index is 11.6. The third-order valence-electron chi connectivity index (χ3n) is 3.11. The number of likely N-dealkylation sites (N-methyl/N-ethyl adjacent to an activating group) is 1. The highest BCUT2D eigenvalue weighted by molar-refractivity contribution is 5.77. The lowest BCUT2D eigenvalue weighted by Crippen LogP contribution is -2.37. The molecule has 3 nitrogen and oxygen atoms in total. The highest BCUT2D eigenvalue weighted by Gasteiger charge is 2.05. The maximum Gasteiger partial charge on any atom is 0.234 e. The monoisotopic (exact) mass is 242 g/mol. The molecular weight excluding hydrogens is 212 g/mol. The van der Waals surface area contributed by atoms with E-state index in [0.717, 1.165) is 26.1 Å². The molecule has 0 aliphatic heterocycles. The van der Waals surface area contributed by atoms with Gasteiger partial charge in [0.15, 0.2) is 0 Å². The first-order valence-corrected chi connectivity index (χ1v) is 7.23. The van der Waals surface area contributed by atoms with Crippen LogP contribution in [-0.4, -0.2) is 37.0 Å². The lowest BCUT2D eigenvalue weighted by atomic mass is 10.1. The smallest absolute Gasteiger partial charge is 0.234 e. The van der Waals surface area contributed by atoms with Gasteiger partial charge in [0.1, 0.15) is 0 Å². The first-order valence-electron chi connectivity index (χ1n) is 7.23. The summed E-state index contributed by atoms with van der Waals surface area (Å²) >= 11 is 0. The Morgan fingerprint density at radius 1 is 0.941 bits per heavy atom. The second-order valence-electron chi connectivity index (χ2n) is 4.58. The van der Waals surface area contributed by atoms with Gasteiger partial charge in [-0.05, 0) is 19.5 Å². The average Bonchev–Trinajstić information content (AvgIpc) is 2.34.